The summed E-state index contributed by atoms with van der Waals surface area (Å²) in [6, 6.07) is 0. The van der Waals surface area contributed by atoms with Gasteiger partial charge in [0.1, 0.15) is 5.76 Å². The highest BCUT2D eigenvalue weighted by molar-refractivity contribution is 5.96. The van der Waals surface area contributed by atoms with Gasteiger partial charge in [0.25, 0.3) is 0 Å². The first-order chi connectivity index (χ1) is 6.45. The van der Waals surface area contributed by atoms with Crippen molar-refractivity contribution in [1.29, 1.82) is 0 Å². The van der Waals surface area contributed by atoms with E-state index in [0.717, 1.165) is 12.8 Å². The summed E-state index contributed by atoms with van der Waals surface area (Å²) in [6.07, 6.45) is 1.68. The van der Waals surface area contributed by atoms with Crippen LogP contribution < -0.4 is 0 Å². The third-order valence-electron chi connectivity index (χ3n) is 2.89. The molecule has 2 nitrogen and oxygen atoms in total. The van der Waals surface area contributed by atoms with Crippen molar-refractivity contribution in [3.63, 3.8) is 0 Å². The second-order valence-corrected chi connectivity index (χ2v) is 3.99. The van der Waals surface area contributed by atoms with Gasteiger partial charge < -0.3 is 5.11 Å². The van der Waals surface area contributed by atoms with E-state index in [1.54, 1.807) is 6.92 Å². The van der Waals surface area contributed by atoms with Gasteiger partial charge in [0.15, 0.2) is 5.78 Å². The number of allylic oxidation sites excluding steroid dienone is 2. The van der Waals surface area contributed by atoms with Gasteiger partial charge in [-0.05, 0) is 19.8 Å². The number of Topliss-reactive ketones (excluding diaryl/α,β-unsaturated/α-hetero) is 1. The minimum atomic E-state index is 0.0150. The highest BCUT2D eigenvalue weighted by Crippen LogP contribution is 2.19. The molecule has 0 aliphatic heterocycles. The summed E-state index contributed by atoms with van der Waals surface area (Å²) < 4.78 is 0. The highest BCUT2D eigenvalue weighted by atomic mass is 16.3. The first-order valence-electron chi connectivity index (χ1n) is 5.39. The molecule has 14 heavy (non-hydrogen) atoms. The zero-order chi connectivity index (χ0) is 11.3. The van der Waals surface area contributed by atoms with Gasteiger partial charge in [0.2, 0.25) is 0 Å². The molecule has 0 aromatic heterocycles. The molecule has 0 aromatic carbocycles. The summed E-state index contributed by atoms with van der Waals surface area (Å²) >= 11 is 0. The van der Waals surface area contributed by atoms with Crippen LogP contribution in [0.4, 0.5) is 0 Å². The van der Waals surface area contributed by atoms with E-state index in [2.05, 4.69) is 0 Å². The lowest BCUT2D eigenvalue weighted by molar-refractivity contribution is -0.119. The number of hydrogen-bond acceptors (Lipinski definition) is 2. The van der Waals surface area contributed by atoms with Gasteiger partial charge in [-0.2, -0.15) is 0 Å². The number of aliphatic hydroxyl groups excluding tert-OH is 1. The van der Waals surface area contributed by atoms with E-state index in [0.29, 0.717) is 5.57 Å². The molecule has 0 heterocycles. The van der Waals surface area contributed by atoms with E-state index < -0.39 is 0 Å². The molecule has 82 valence electrons. The molecule has 0 saturated heterocycles. The van der Waals surface area contributed by atoms with E-state index in [4.69, 9.17) is 0 Å². The molecular weight excluding hydrogens is 176 g/mol. The Morgan fingerprint density at radius 3 is 1.93 bits per heavy atom. The zero-order valence-corrected chi connectivity index (χ0v) is 9.92. The predicted octanol–water partition coefficient (Wildman–Crippen LogP) is 3.48. The average molecular weight is 198 g/mol. The minimum absolute atomic E-state index is 0.0150. The SMILES string of the molecule is CCC(C)C(=O)/C(C)=C(\O)C(C)CC. The van der Waals surface area contributed by atoms with Gasteiger partial charge in [0.05, 0.1) is 0 Å². The van der Waals surface area contributed by atoms with Crippen LogP contribution in [-0.2, 0) is 4.79 Å². The molecule has 1 N–H and O–H groups in total. The van der Waals surface area contributed by atoms with Gasteiger partial charge in [-0.15, -0.1) is 0 Å². The summed E-state index contributed by atoms with van der Waals surface area (Å²) in [5.41, 5.74) is 0.536. The summed E-state index contributed by atoms with van der Waals surface area (Å²) in [7, 11) is 0. The molecule has 0 rings (SSSR count). The van der Waals surface area contributed by atoms with Crippen LogP contribution in [0.1, 0.15) is 47.5 Å². The van der Waals surface area contributed by atoms with Crippen LogP contribution in [0.3, 0.4) is 0 Å². The number of ketones is 1. The summed E-state index contributed by atoms with van der Waals surface area (Å²) in [5.74, 6) is 0.437. The van der Waals surface area contributed by atoms with Crippen molar-refractivity contribution < 1.29 is 9.90 Å². The fraction of sp³-hybridized carbons (Fsp3) is 0.750. The Kier molecular flexibility index (Phi) is 5.51. The Labute approximate surface area is 87.0 Å². The van der Waals surface area contributed by atoms with Crippen LogP contribution in [0, 0.1) is 11.8 Å². The lowest BCUT2D eigenvalue weighted by Gasteiger charge is -2.13. The number of aliphatic hydroxyl groups is 1. The normalized spacial score (nSPS) is 17.2. The molecular formula is C12H22O2. The van der Waals surface area contributed by atoms with Crippen LogP contribution >= 0.6 is 0 Å². The Bertz CT molecular complexity index is 228. The Balaban J connectivity index is 4.73. The van der Waals surface area contributed by atoms with Crippen LogP contribution in [0.15, 0.2) is 11.3 Å². The maximum atomic E-state index is 11.7. The average Bonchev–Trinajstić information content (AvgIpc) is 2.23. The Hall–Kier alpha value is -0.790. The van der Waals surface area contributed by atoms with Crippen molar-refractivity contribution in [3.05, 3.63) is 11.3 Å². The largest absolute Gasteiger partial charge is 0.512 e. The molecule has 0 amide bonds. The van der Waals surface area contributed by atoms with Gasteiger partial charge in [-0.3, -0.25) is 4.79 Å². The highest BCUT2D eigenvalue weighted by Gasteiger charge is 2.18. The van der Waals surface area contributed by atoms with Crippen molar-refractivity contribution in [1.82, 2.24) is 0 Å². The van der Waals surface area contributed by atoms with E-state index in [1.807, 2.05) is 27.7 Å². The summed E-state index contributed by atoms with van der Waals surface area (Å²) in [4.78, 5) is 11.7. The van der Waals surface area contributed by atoms with Crippen molar-refractivity contribution in [2.75, 3.05) is 0 Å². The summed E-state index contributed by atoms with van der Waals surface area (Å²) in [5, 5.41) is 9.76. The standard InChI is InChI=1S/C12H22O2/c1-6-8(3)11(13)10(5)12(14)9(4)7-2/h8-9,13H,6-7H2,1-5H3/b11-10-. The third-order valence-corrected chi connectivity index (χ3v) is 2.89. The first kappa shape index (κ1) is 13.2. The molecule has 2 heteroatoms. The smallest absolute Gasteiger partial charge is 0.164 e. The lowest BCUT2D eigenvalue weighted by atomic mass is 9.93. The van der Waals surface area contributed by atoms with E-state index in [1.165, 1.54) is 0 Å². The molecule has 0 saturated carbocycles. The summed E-state index contributed by atoms with van der Waals surface area (Å²) in [6.45, 7) is 9.53. The van der Waals surface area contributed by atoms with Gasteiger partial charge >= 0.3 is 0 Å². The number of hydrogen-bond donors (Lipinski definition) is 1. The molecule has 0 aromatic rings. The minimum Gasteiger partial charge on any atom is -0.512 e. The second-order valence-electron chi connectivity index (χ2n) is 3.99. The van der Waals surface area contributed by atoms with Gasteiger partial charge in [0, 0.05) is 17.4 Å². The molecule has 0 aliphatic carbocycles. The Morgan fingerprint density at radius 1 is 1.14 bits per heavy atom. The zero-order valence-electron chi connectivity index (χ0n) is 9.92. The van der Waals surface area contributed by atoms with Crippen molar-refractivity contribution in [2.45, 2.75) is 47.5 Å². The van der Waals surface area contributed by atoms with Crippen molar-refractivity contribution in [2.24, 2.45) is 11.8 Å². The number of carbonyl (C=O) groups excluding carboxylic acids is 1. The maximum absolute atomic E-state index is 11.7. The molecule has 0 bridgehead atoms. The van der Waals surface area contributed by atoms with E-state index in [-0.39, 0.29) is 23.4 Å². The van der Waals surface area contributed by atoms with Crippen LogP contribution in [0.2, 0.25) is 0 Å². The van der Waals surface area contributed by atoms with Gasteiger partial charge in [-0.25, -0.2) is 0 Å². The van der Waals surface area contributed by atoms with Crippen LogP contribution in [0.5, 0.6) is 0 Å². The number of carbonyl (C=O) groups is 1. The Morgan fingerprint density at radius 2 is 1.57 bits per heavy atom. The fourth-order valence-electron chi connectivity index (χ4n) is 1.24. The quantitative estimate of drug-likeness (QED) is 0.542. The molecule has 0 radical (unpaired) electrons. The number of rotatable bonds is 5. The molecule has 2 unspecified atom stereocenters. The van der Waals surface area contributed by atoms with Gasteiger partial charge in [-0.1, -0.05) is 27.7 Å². The maximum Gasteiger partial charge on any atom is 0.164 e. The topological polar surface area (TPSA) is 37.3 Å². The molecule has 0 aliphatic rings. The molecule has 2 atom stereocenters. The molecule has 0 fully saturated rings. The lowest BCUT2D eigenvalue weighted by Crippen LogP contribution is -2.14. The van der Waals surface area contributed by atoms with Crippen molar-refractivity contribution >= 4 is 5.78 Å². The van der Waals surface area contributed by atoms with Crippen LogP contribution in [0.25, 0.3) is 0 Å². The van der Waals surface area contributed by atoms with E-state index >= 15 is 0 Å². The monoisotopic (exact) mass is 198 g/mol. The predicted molar refractivity (Wildman–Crippen MR) is 59.2 cm³/mol. The second kappa shape index (κ2) is 5.84. The third kappa shape index (κ3) is 3.17. The van der Waals surface area contributed by atoms with E-state index in [9.17, 15) is 9.90 Å². The first-order valence-corrected chi connectivity index (χ1v) is 5.39. The molecule has 0 spiro atoms. The van der Waals surface area contributed by atoms with Crippen molar-refractivity contribution in [3.8, 4) is 0 Å². The van der Waals surface area contributed by atoms with Crippen LogP contribution in [-0.4, -0.2) is 10.9 Å². The fourth-order valence-corrected chi connectivity index (χ4v) is 1.24.